The van der Waals surface area contributed by atoms with Gasteiger partial charge < -0.3 is 4.74 Å². The van der Waals surface area contributed by atoms with E-state index in [9.17, 15) is 8.42 Å². The molecule has 0 bridgehead atoms. The molecule has 1 saturated heterocycles. The van der Waals surface area contributed by atoms with Gasteiger partial charge in [0.05, 0.1) is 17.6 Å². The molecule has 0 aliphatic carbocycles. The Balaban J connectivity index is 1.70. The van der Waals surface area contributed by atoms with Gasteiger partial charge in [0.25, 0.3) is 0 Å². The molecule has 2 heterocycles. The van der Waals surface area contributed by atoms with E-state index < -0.39 is 10.0 Å². The monoisotopic (exact) mass is 319 g/mol. The molecular formula is C15H17N3O3S. The van der Waals surface area contributed by atoms with Crippen LogP contribution in [0.5, 0.6) is 5.88 Å². The van der Waals surface area contributed by atoms with Crippen molar-refractivity contribution in [1.29, 1.82) is 0 Å². The molecule has 1 fully saturated rings. The summed E-state index contributed by atoms with van der Waals surface area (Å²) >= 11 is 0. The summed E-state index contributed by atoms with van der Waals surface area (Å²) in [5, 5.41) is 0. The standard InChI is InChI=1S/C15H17N3O3S/c1-12-2-4-14(5-3-12)22(19,20)18-9-6-13(11-18)21-15-10-16-7-8-17-15/h2-5,7-8,10,13H,6,9,11H2,1H3. The first-order valence-electron chi connectivity index (χ1n) is 7.05. The summed E-state index contributed by atoms with van der Waals surface area (Å²) in [4.78, 5) is 8.29. The number of nitrogens with zero attached hydrogens (tertiary/aromatic N) is 3. The highest BCUT2D eigenvalue weighted by Gasteiger charge is 2.33. The van der Waals surface area contributed by atoms with Crippen LogP contribution in [0.4, 0.5) is 0 Å². The second kappa shape index (κ2) is 6.02. The maximum Gasteiger partial charge on any atom is 0.243 e. The largest absolute Gasteiger partial charge is 0.472 e. The average Bonchev–Trinajstić information content (AvgIpc) is 2.98. The summed E-state index contributed by atoms with van der Waals surface area (Å²) in [5.41, 5.74) is 1.03. The Morgan fingerprint density at radius 2 is 2.00 bits per heavy atom. The van der Waals surface area contributed by atoms with Crippen molar-refractivity contribution in [3.05, 3.63) is 48.4 Å². The van der Waals surface area contributed by atoms with Crippen molar-refractivity contribution in [1.82, 2.24) is 14.3 Å². The van der Waals surface area contributed by atoms with Gasteiger partial charge in [-0.05, 0) is 25.5 Å². The third kappa shape index (κ3) is 3.10. The molecule has 116 valence electrons. The quantitative estimate of drug-likeness (QED) is 0.856. The minimum atomic E-state index is -3.46. The molecule has 1 unspecified atom stereocenters. The Hall–Kier alpha value is -1.99. The lowest BCUT2D eigenvalue weighted by molar-refractivity contribution is 0.206. The average molecular weight is 319 g/mol. The summed E-state index contributed by atoms with van der Waals surface area (Å²) in [6.45, 7) is 2.70. The minimum absolute atomic E-state index is 0.197. The number of sulfonamides is 1. The van der Waals surface area contributed by atoms with E-state index in [2.05, 4.69) is 9.97 Å². The fourth-order valence-corrected chi connectivity index (χ4v) is 3.87. The Labute approximate surface area is 129 Å². The zero-order chi connectivity index (χ0) is 15.6. The lowest BCUT2D eigenvalue weighted by Gasteiger charge is -2.17. The number of hydrogen-bond donors (Lipinski definition) is 0. The van der Waals surface area contributed by atoms with Crippen molar-refractivity contribution >= 4 is 10.0 Å². The van der Waals surface area contributed by atoms with Gasteiger partial charge in [0.1, 0.15) is 6.10 Å². The highest BCUT2D eigenvalue weighted by molar-refractivity contribution is 7.89. The van der Waals surface area contributed by atoms with Crippen LogP contribution in [-0.4, -0.2) is 41.9 Å². The molecule has 0 spiro atoms. The fraction of sp³-hybridized carbons (Fsp3) is 0.333. The molecule has 1 aromatic heterocycles. The van der Waals surface area contributed by atoms with Gasteiger partial charge in [0.15, 0.2) is 0 Å². The third-order valence-corrected chi connectivity index (χ3v) is 5.47. The number of hydrogen-bond acceptors (Lipinski definition) is 5. The molecule has 2 aromatic rings. The third-order valence-electron chi connectivity index (χ3n) is 3.59. The molecule has 0 saturated carbocycles. The van der Waals surface area contributed by atoms with E-state index in [1.807, 2.05) is 6.92 Å². The topological polar surface area (TPSA) is 72.4 Å². The van der Waals surface area contributed by atoms with Gasteiger partial charge >= 0.3 is 0 Å². The first-order valence-corrected chi connectivity index (χ1v) is 8.49. The summed E-state index contributed by atoms with van der Waals surface area (Å²) in [5.74, 6) is 0.419. The normalized spacial score (nSPS) is 19.2. The molecule has 0 amide bonds. The Kier molecular flexibility index (Phi) is 4.08. The van der Waals surface area contributed by atoms with Crippen molar-refractivity contribution in [2.45, 2.75) is 24.3 Å². The van der Waals surface area contributed by atoms with Gasteiger partial charge in [-0.1, -0.05) is 17.7 Å². The number of benzene rings is 1. The molecule has 7 heteroatoms. The lowest BCUT2D eigenvalue weighted by Crippen LogP contribution is -2.31. The summed E-state index contributed by atoms with van der Waals surface area (Å²) in [7, 11) is -3.46. The van der Waals surface area contributed by atoms with Crippen LogP contribution >= 0.6 is 0 Å². The molecule has 6 nitrogen and oxygen atoms in total. The van der Waals surface area contributed by atoms with E-state index in [-0.39, 0.29) is 6.10 Å². The van der Waals surface area contributed by atoms with Crippen molar-refractivity contribution in [2.24, 2.45) is 0 Å². The van der Waals surface area contributed by atoms with Crippen LogP contribution in [0.25, 0.3) is 0 Å². The molecule has 1 aliphatic heterocycles. The first kappa shape index (κ1) is 14.9. The highest BCUT2D eigenvalue weighted by Crippen LogP contribution is 2.23. The van der Waals surface area contributed by atoms with Crippen molar-refractivity contribution in [3.63, 3.8) is 0 Å². The predicted molar refractivity (Wildman–Crippen MR) is 81.0 cm³/mol. The second-order valence-corrected chi connectivity index (χ2v) is 7.19. The van der Waals surface area contributed by atoms with E-state index in [1.54, 1.807) is 36.7 Å². The SMILES string of the molecule is Cc1ccc(S(=O)(=O)N2CCC(Oc3cnccn3)C2)cc1. The zero-order valence-electron chi connectivity index (χ0n) is 12.2. The zero-order valence-corrected chi connectivity index (χ0v) is 13.0. The highest BCUT2D eigenvalue weighted by atomic mass is 32.2. The van der Waals surface area contributed by atoms with Crippen molar-refractivity contribution < 1.29 is 13.2 Å². The van der Waals surface area contributed by atoms with E-state index in [4.69, 9.17) is 4.74 Å². The molecule has 22 heavy (non-hydrogen) atoms. The van der Waals surface area contributed by atoms with Gasteiger partial charge in [0.2, 0.25) is 15.9 Å². The van der Waals surface area contributed by atoms with Gasteiger partial charge in [-0.2, -0.15) is 4.31 Å². The second-order valence-electron chi connectivity index (χ2n) is 5.25. The molecular weight excluding hydrogens is 302 g/mol. The molecule has 1 atom stereocenters. The van der Waals surface area contributed by atoms with Crippen LogP contribution in [-0.2, 0) is 10.0 Å². The van der Waals surface area contributed by atoms with E-state index in [1.165, 1.54) is 10.5 Å². The summed E-state index contributed by atoms with van der Waals surface area (Å²) < 4.78 is 32.3. The van der Waals surface area contributed by atoms with Crippen molar-refractivity contribution in [3.8, 4) is 5.88 Å². The van der Waals surface area contributed by atoms with Gasteiger partial charge in [0, 0.05) is 18.9 Å². The van der Waals surface area contributed by atoms with Gasteiger partial charge in [-0.3, -0.25) is 4.98 Å². The van der Waals surface area contributed by atoms with E-state index >= 15 is 0 Å². The van der Waals surface area contributed by atoms with Crippen LogP contribution in [0, 0.1) is 6.92 Å². The van der Waals surface area contributed by atoms with E-state index in [0.29, 0.717) is 30.3 Å². The van der Waals surface area contributed by atoms with Gasteiger partial charge in [-0.25, -0.2) is 13.4 Å². The number of ether oxygens (including phenoxy) is 1. The maximum atomic E-state index is 12.6. The molecule has 1 aliphatic rings. The Morgan fingerprint density at radius 1 is 1.23 bits per heavy atom. The van der Waals surface area contributed by atoms with Crippen LogP contribution in [0.15, 0.2) is 47.8 Å². The van der Waals surface area contributed by atoms with Crippen LogP contribution in [0.2, 0.25) is 0 Å². The van der Waals surface area contributed by atoms with Crippen molar-refractivity contribution in [2.75, 3.05) is 13.1 Å². The van der Waals surface area contributed by atoms with Gasteiger partial charge in [-0.15, -0.1) is 0 Å². The predicted octanol–water partition coefficient (Wildman–Crippen LogP) is 1.63. The Morgan fingerprint density at radius 3 is 2.68 bits per heavy atom. The molecule has 3 rings (SSSR count). The first-order chi connectivity index (χ1) is 10.6. The lowest BCUT2D eigenvalue weighted by atomic mass is 10.2. The fourth-order valence-electron chi connectivity index (χ4n) is 2.39. The molecule has 0 radical (unpaired) electrons. The minimum Gasteiger partial charge on any atom is -0.472 e. The summed E-state index contributed by atoms with van der Waals surface area (Å²) in [6, 6.07) is 6.88. The smallest absolute Gasteiger partial charge is 0.243 e. The van der Waals surface area contributed by atoms with Crippen LogP contribution in [0.3, 0.4) is 0 Å². The van der Waals surface area contributed by atoms with E-state index in [0.717, 1.165) is 5.56 Å². The molecule has 0 N–H and O–H groups in total. The molecule has 1 aromatic carbocycles. The number of aromatic nitrogens is 2. The van der Waals surface area contributed by atoms with Crippen LogP contribution in [0.1, 0.15) is 12.0 Å². The number of aryl methyl sites for hydroxylation is 1. The number of rotatable bonds is 4. The maximum absolute atomic E-state index is 12.6. The summed E-state index contributed by atoms with van der Waals surface area (Å²) in [6.07, 6.45) is 5.08. The Bertz CT molecular complexity index is 732. The van der Waals surface area contributed by atoms with Crippen LogP contribution < -0.4 is 4.74 Å².